The van der Waals surface area contributed by atoms with Crippen molar-refractivity contribution in [3.8, 4) is 28.7 Å². The Hall–Kier alpha value is -5.36. The SMILES string of the molecule is CN(c1ccccn1)c1nccc(-c2ccccn2)n1.COc1cnc(-c2ccccn2)nc1Nc1ccc(Br)cn1. The third-order valence-corrected chi connectivity index (χ3v) is 6.18. The minimum Gasteiger partial charge on any atom is -0.491 e. The van der Waals surface area contributed by atoms with Crippen molar-refractivity contribution in [2.75, 3.05) is 24.4 Å². The van der Waals surface area contributed by atoms with E-state index in [1.54, 1.807) is 44.3 Å². The first kappa shape index (κ1) is 28.2. The normalized spacial score (nSPS) is 10.3. The van der Waals surface area contributed by atoms with Crippen LogP contribution in [0.15, 0.2) is 114 Å². The van der Waals surface area contributed by atoms with Crippen LogP contribution >= 0.6 is 15.9 Å². The molecule has 0 aliphatic heterocycles. The molecule has 12 heteroatoms. The van der Waals surface area contributed by atoms with Gasteiger partial charge < -0.3 is 10.1 Å². The molecule has 11 nitrogen and oxygen atoms in total. The van der Waals surface area contributed by atoms with Crippen molar-refractivity contribution in [3.63, 3.8) is 0 Å². The third kappa shape index (κ3) is 7.23. The molecule has 0 unspecified atom stereocenters. The van der Waals surface area contributed by atoms with Gasteiger partial charge in [0.15, 0.2) is 17.4 Å². The summed E-state index contributed by atoms with van der Waals surface area (Å²) in [4.78, 5) is 36.5. The fraction of sp³-hybridized carbons (Fsp3) is 0.0667. The highest BCUT2D eigenvalue weighted by Crippen LogP contribution is 2.26. The van der Waals surface area contributed by atoms with Crippen LogP contribution in [0.25, 0.3) is 22.9 Å². The van der Waals surface area contributed by atoms with Gasteiger partial charge >= 0.3 is 0 Å². The standard InChI is InChI=1S/C15H12BrN5O.C15H13N5/c1-22-12-9-19-14(11-4-2-3-7-17-11)21-15(12)20-13-6-5-10(16)8-18-13;1-20(14-7-3-5-10-17-14)15-18-11-8-13(19-15)12-6-2-4-9-16-12/h2-9H,1H3,(H,18,19,20,21);2-11H,1H3. The van der Waals surface area contributed by atoms with Crippen LogP contribution < -0.4 is 15.0 Å². The Morgan fingerprint density at radius 3 is 2.05 bits per heavy atom. The van der Waals surface area contributed by atoms with Gasteiger partial charge in [0.1, 0.15) is 17.3 Å². The summed E-state index contributed by atoms with van der Waals surface area (Å²) in [5, 5.41) is 3.12. The lowest BCUT2D eigenvalue weighted by molar-refractivity contribution is 0.413. The van der Waals surface area contributed by atoms with Gasteiger partial charge in [0.05, 0.1) is 24.7 Å². The second-order valence-electron chi connectivity index (χ2n) is 8.52. The number of methoxy groups -OCH3 is 1. The second-order valence-corrected chi connectivity index (χ2v) is 9.43. The first-order chi connectivity index (χ1) is 20.6. The first-order valence-electron chi connectivity index (χ1n) is 12.7. The van der Waals surface area contributed by atoms with Crippen molar-refractivity contribution in [1.29, 1.82) is 0 Å². The predicted octanol–water partition coefficient (Wildman–Crippen LogP) is 6.15. The molecule has 0 saturated carbocycles. The number of pyridine rings is 4. The Morgan fingerprint density at radius 2 is 1.40 bits per heavy atom. The van der Waals surface area contributed by atoms with E-state index in [2.05, 4.69) is 61.1 Å². The smallest absolute Gasteiger partial charge is 0.231 e. The molecular weight excluding hydrogens is 596 g/mol. The number of ether oxygens (including phenoxy) is 1. The van der Waals surface area contributed by atoms with Gasteiger partial charge in [0, 0.05) is 42.5 Å². The van der Waals surface area contributed by atoms with E-state index >= 15 is 0 Å². The molecule has 42 heavy (non-hydrogen) atoms. The summed E-state index contributed by atoms with van der Waals surface area (Å²) in [5.74, 6) is 3.63. The minimum atomic E-state index is 0.515. The van der Waals surface area contributed by atoms with Crippen LogP contribution in [0.2, 0.25) is 0 Å². The molecule has 0 fully saturated rings. The third-order valence-electron chi connectivity index (χ3n) is 5.71. The fourth-order valence-electron chi connectivity index (χ4n) is 3.62. The second kappa shape index (κ2) is 13.8. The van der Waals surface area contributed by atoms with Crippen molar-refractivity contribution < 1.29 is 4.74 Å². The van der Waals surface area contributed by atoms with Gasteiger partial charge in [-0.15, -0.1) is 0 Å². The lowest BCUT2D eigenvalue weighted by Gasteiger charge is -2.16. The van der Waals surface area contributed by atoms with Gasteiger partial charge in [-0.2, -0.15) is 0 Å². The maximum absolute atomic E-state index is 5.29. The number of anilines is 4. The fourth-order valence-corrected chi connectivity index (χ4v) is 3.86. The summed E-state index contributed by atoms with van der Waals surface area (Å²) in [6.45, 7) is 0. The molecule has 6 heterocycles. The summed E-state index contributed by atoms with van der Waals surface area (Å²) < 4.78 is 6.19. The Bertz CT molecular complexity index is 1710. The highest BCUT2D eigenvalue weighted by Gasteiger charge is 2.11. The van der Waals surface area contributed by atoms with Crippen molar-refractivity contribution in [2.45, 2.75) is 0 Å². The predicted molar refractivity (Wildman–Crippen MR) is 165 cm³/mol. The summed E-state index contributed by atoms with van der Waals surface area (Å²) in [6, 6.07) is 22.6. The molecule has 0 bridgehead atoms. The zero-order chi connectivity index (χ0) is 29.1. The molecule has 0 aliphatic rings. The Kier molecular flexibility index (Phi) is 9.27. The number of hydrogen-bond donors (Lipinski definition) is 1. The lowest BCUT2D eigenvalue weighted by atomic mass is 10.2. The molecule has 0 atom stereocenters. The molecule has 0 saturated heterocycles. The van der Waals surface area contributed by atoms with Crippen molar-refractivity contribution in [3.05, 3.63) is 114 Å². The minimum absolute atomic E-state index is 0.515. The maximum atomic E-state index is 5.29. The summed E-state index contributed by atoms with van der Waals surface area (Å²) in [7, 11) is 3.46. The zero-order valence-corrected chi connectivity index (χ0v) is 24.3. The van der Waals surface area contributed by atoms with E-state index in [1.165, 1.54) is 0 Å². The molecule has 6 aromatic heterocycles. The number of nitrogens with one attached hydrogen (secondary N) is 1. The molecule has 6 aromatic rings. The van der Waals surface area contributed by atoms with Crippen LogP contribution in [0.3, 0.4) is 0 Å². The molecular formula is C30H25BrN10O. The highest BCUT2D eigenvalue weighted by molar-refractivity contribution is 9.10. The summed E-state index contributed by atoms with van der Waals surface area (Å²) >= 11 is 3.35. The number of rotatable bonds is 7. The van der Waals surface area contributed by atoms with Crippen LogP contribution in [0, 0.1) is 0 Å². The first-order valence-corrected chi connectivity index (χ1v) is 13.5. The molecule has 208 valence electrons. The molecule has 6 rings (SSSR count). The van der Waals surface area contributed by atoms with Gasteiger partial charge in [-0.25, -0.2) is 29.9 Å². The highest BCUT2D eigenvalue weighted by atomic mass is 79.9. The van der Waals surface area contributed by atoms with E-state index in [0.717, 1.165) is 21.7 Å². The number of aromatic nitrogens is 8. The molecule has 0 aromatic carbocycles. The largest absolute Gasteiger partial charge is 0.491 e. The van der Waals surface area contributed by atoms with E-state index in [4.69, 9.17) is 4.74 Å². The number of nitrogens with zero attached hydrogens (tertiary/aromatic N) is 9. The monoisotopic (exact) mass is 620 g/mol. The van der Waals surface area contributed by atoms with E-state index in [-0.39, 0.29) is 0 Å². The van der Waals surface area contributed by atoms with Crippen molar-refractivity contribution in [1.82, 2.24) is 39.9 Å². The van der Waals surface area contributed by atoms with E-state index in [0.29, 0.717) is 34.9 Å². The zero-order valence-electron chi connectivity index (χ0n) is 22.7. The average Bonchev–Trinajstić information content (AvgIpc) is 3.07. The van der Waals surface area contributed by atoms with Crippen LogP contribution in [-0.2, 0) is 0 Å². The van der Waals surface area contributed by atoms with Crippen LogP contribution in [0.5, 0.6) is 5.75 Å². The van der Waals surface area contributed by atoms with Crippen LogP contribution in [-0.4, -0.2) is 54.0 Å². The molecule has 0 aliphatic carbocycles. The number of halogens is 1. The summed E-state index contributed by atoms with van der Waals surface area (Å²) in [5.41, 5.74) is 2.31. The maximum Gasteiger partial charge on any atom is 0.231 e. The lowest BCUT2D eigenvalue weighted by Crippen LogP contribution is -2.14. The van der Waals surface area contributed by atoms with Gasteiger partial charge in [0.2, 0.25) is 5.95 Å². The molecule has 1 N–H and O–H groups in total. The van der Waals surface area contributed by atoms with Gasteiger partial charge in [-0.05, 0) is 70.5 Å². The Balaban J connectivity index is 0.000000169. The summed E-state index contributed by atoms with van der Waals surface area (Å²) in [6.07, 6.45) is 10.2. The quantitative estimate of drug-likeness (QED) is 0.221. The molecule has 0 amide bonds. The van der Waals surface area contributed by atoms with Crippen molar-refractivity contribution in [2.24, 2.45) is 0 Å². The number of hydrogen-bond acceptors (Lipinski definition) is 11. The van der Waals surface area contributed by atoms with Crippen LogP contribution in [0.1, 0.15) is 0 Å². The van der Waals surface area contributed by atoms with E-state index < -0.39 is 0 Å². The van der Waals surface area contributed by atoms with Gasteiger partial charge in [0.25, 0.3) is 0 Å². The molecule has 0 spiro atoms. The van der Waals surface area contributed by atoms with Crippen molar-refractivity contribution >= 4 is 39.3 Å². The van der Waals surface area contributed by atoms with E-state index in [9.17, 15) is 0 Å². The topological polar surface area (TPSA) is 128 Å². The Labute approximate surface area is 251 Å². The van der Waals surface area contributed by atoms with Crippen LogP contribution in [0.4, 0.5) is 23.4 Å². The average molecular weight is 622 g/mol. The molecule has 0 radical (unpaired) electrons. The Morgan fingerprint density at radius 1 is 0.667 bits per heavy atom. The van der Waals surface area contributed by atoms with Gasteiger partial charge in [-0.1, -0.05) is 18.2 Å². The van der Waals surface area contributed by atoms with Gasteiger partial charge in [-0.3, -0.25) is 14.9 Å². The van der Waals surface area contributed by atoms with E-state index in [1.807, 2.05) is 84.7 Å².